The molecule has 0 aromatic heterocycles. The molecule has 8 heteroatoms. The zero-order valence-corrected chi connectivity index (χ0v) is 17.6. The van der Waals surface area contributed by atoms with Crippen molar-refractivity contribution in [3.05, 3.63) is 53.1 Å². The van der Waals surface area contributed by atoms with Gasteiger partial charge in [-0.25, -0.2) is 8.42 Å². The summed E-state index contributed by atoms with van der Waals surface area (Å²) in [5.41, 5.74) is 1.06. The van der Waals surface area contributed by atoms with Crippen molar-refractivity contribution in [1.82, 2.24) is 4.31 Å². The van der Waals surface area contributed by atoms with Crippen molar-refractivity contribution < 1.29 is 17.9 Å². The van der Waals surface area contributed by atoms with Gasteiger partial charge in [-0.15, -0.1) is 0 Å². The number of hydrogen-bond acceptors (Lipinski definition) is 5. The SMILES string of the molecule is COc1ccc(OC)c(S(=O)(=O)N2CCSC(c3ccccc3Cl)CC2)c1. The van der Waals surface area contributed by atoms with Crippen LogP contribution in [0.1, 0.15) is 17.2 Å². The summed E-state index contributed by atoms with van der Waals surface area (Å²) in [5.74, 6) is 1.49. The Kier molecular flexibility index (Phi) is 6.57. The summed E-state index contributed by atoms with van der Waals surface area (Å²) < 4.78 is 38.5. The van der Waals surface area contributed by atoms with E-state index in [-0.39, 0.29) is 10.1 Å². The molecule has 5 nitrogen and oxygen atoms in total. The third-order valence-corrected chi connectivity index (χ3v) is 8.12. The second kappa shape index (κ2) is 8.73. The monoisotopic (exact) mass is 427 g/mol. The van der Waals surface area contributed by atoms with Crippen molar-refractivity contribution in [2.24, 2.45) is 0 Å². The molecule has 3 rings (SSSR count). The van der Waals surface area contributed by atoms with Crippen LogP contribution >= 0.6 is 23.4 Å². The van der Waals surface area contributed by atoms with Crippen molar-refractivity contribution in [2.45, 2.75) is 16.6 Å². The lowest BCUT2D eigenvalue weighted by atomic mass is 10.1. The van der Waals surface area contributed by atoms with Crippen LogP contribution in [0.5, 0.6) is 11.5 Å². The Morgan fingerprint density at radius 2 is 1.89 bits per heavy atom. The van der Waals surface area contributed by atoms with Crippen LogP contribution in [0.25, 0.3) is 0 Å². The van der Waals surface area contributed by atoms with Crippen molar-refractivity contribution in [1.29, 1.82) is 0 Å². The first-order valence-corrected chi connectivity index (χ1v) is 11.4. The molecule has 1 saturated heterocycles. The van der Waals surface area contributed by atoms with Gasteiger partial charge in [-0.1, -0.05) is 29.8 Å². The van der Waals surface area contributed by atoms with Gasteiger partial charge in [0.1, 0.15) is 16.4 Å². The van der Waals surface area contributed by atoms with E-state index in [1.807, 2.05) is 24.3 Å². The zero-order valence-electron chi connectivity index (χ0n) is 15.2. The molecule has 2 aromatic rings. The first-order chi connectivity index (χ1) is 13.0. The minimum Gasteiger partial charge on any atom is -0.497 e. The number of sulfonamides is 1. The predicted molar refractivity (Wildman–Crippen MR) is 110 cm³/mol. The number of thioether (sulfide) groups is 1. The van der Waals surface area contributed by atoms with E-state index < -0.39 is 10.0 Å². The topological polar surface area (TPSA) is 55.8 Å². The third kappa shape index (κ3) is 4.37. The molecule has 0 saturated carbocycles. The van der Waals surface area contributed by atoms with Crippen LogP contribution in [0, 0.1) is 0 Å². The summed E-state index contributed by atoms with van der Waals surface area (Å²) in [6.07, 6.45) is 0.694. The molecular weight excluding hydrogens is 406 g/mol. The molecule has 0 spiro atoms. The van der Waals surface area contributed by atoms with Gasteiger partial charge in [0.2, 0.25) is 10.0 Å². The summed E-state index contributed by atoms with van der Waals surface area (Å²) in [5, 5.41) is 0.895. The maximum Gasteiger partial charge on any atom is 0.246 e. The van der Waals surface area contributed by atoms with Gasteiger partial charge >= 0.3 is 0 Å². The largest absolute Gasteiger partial charge is 0.497 e. The minimum atomic E-state index is -3.69. The van der Waals surface area contributed by atoms with Crippen LogP contribution in [0.4, 0.5) is 0 Å². The van der Waals surface area contributed by atoms with Crippen LogP contribution in [-0.2, 0) is 10.0 Å². The Bertz CT molecular complexity index is 904. The van der Waals surface area contributed by atoms with E-state index in [2.05, 4.69) is 0 Å². The smallest absolute Gasteiger partial charge is 0.246 e. The van der Waals surface area contributed by atoms with Crippen LogP contribution in [0.2, 0.25) is 5.02 Å². The standard InChI is InChI=1S/C19H22ClNO4S2/c1-24-14-7-8-17(25-2)19(13-14)27(22,23)21-10-9-18(26-12-11-21)15-5-3-4-6-16(15)20/h3-8,13,18H,9-12H2,1-2H3. The average Bonchev–Trinajstić information content (AvgIpc) is 2.94. The molecule has 146 valence electrons. The maximum absolute atomic E-state index is 13.3. The van der Waals surface area contributed by atoms with Gasteiger partial charge in [-0.05, 0) is 30.2 Å². The molecule has 2 aromatic carbocycles. The van der Waals surface area contributed by atoms with Crippen molar-refractivity contribution >= 4 is 33.4 Å². The molecule has 0 amide bonds. The summed E-state index contributed by atoms with van der Waals surface area (Å²) in [6.45, 7) is 0.861. The molecule has 0 N–H and O–H groups in total. The lowest BCUT2D eigenvalue weighted by Crippen LogP contribution is -2.33. The molecule has 1 unspecified atom stereocenters. The molecule has 27 heavy (non-hydrogen) atoms. The van der Waals surface area contributed by atoms with E-state index in [4.69, 9.17) is 21.1 Å². The van der Waals surface area contributed by atoms with E-state index in [9.17, 15) is 8.42 Å². The molecule has 1 aliphatic rings. The molecule has 0 radical (unpaired) electrons. The van der Waals surface area contributed by atoms with E-state index in [1.165, 1.54) is 24.6 Å². The van der Waals surface area contributed by atoms with E-state index in [0.717, 1.165) is 10.6 Å². The summed E-state index contributed by atoms with van der Waals surface area (Å²) >= 11 is 8.07. The Balaban J connectivity index is 1.86. The van der Waals surface area contributed by atoms with E-state index in [0.29, 0.717) is 36.8 Å². The fourth-order valence-electron chi connectivity index (χ4n) is 3.10. The second-order valence-corrected chi connectivity index (χ2v) is 9.71. The lowest BCUT2D eigenvalue weighted by molar-refractivity contribution is 0.384. The van der Waals surface area contributed by atoms with Crippen molar-refractivity contribution in [3.8, 4) is 11.5 Å². The van der Waals surface area contributed by atoms with Crippen LogP contribution < -0.4 is 9.47 Å². The number of halogens is 1. The number of hydrogen-bond donors (Lipinski definition) is 0. The van der Waals surface area contributed by atoms with Gasteiger partial charge in [-0.2, -0.15) is 16.1 Å². The molecule has 1 atom stereocenters. The van der Waals surface area contributed by atoms with Crippen molar-refractivity contribution in [3.63, 3.8) is 0 Å². The maximum atomic E-state index is 13.3. The highest BCUT2D eigenvalue weighted by atomic mass is 35.5. The predicted octanol–water partition coefficient (Wildman–Crippen LogP) is 4.23. The number of nitrogens with zero attached hydrogens (tertiary/aromatic N) is 1. The second-order valence-electron chi connectivity index (χ2n) is 6.09. The van der Waals surface area contributed by atoms with Gasteiger partial charge in [0, 0.05) is 35.2 Å². The number of rotatable bonds is 5. The number of ether oxygens (including phenoxy) is 2. The minimum absolute atomic E-state index is 0.130. The van der Waals surface area contributed by atoms with Gasteiger partial charge in [0.25, 0.3) is 0 Å². The fourth-order valence-corrected chi connectivity index (χ4v) is 6.44. The quantitative estimate of drug-likeness (QED) is 0.714. The van der Waals surface area contributed by atoms with E-state index in [1.54, 1.807) is 23.9 Å². The number of benzene rings is 2. The highest BCUT2D eigenvalue weighted by molar-refractivity contribution is 7.99. The van der Waals surface area contributed by atoms with Crippen LogP contribution in [-0.4, -0.2) is 45.8 Å². The van der Waals surface area contributed by atoms with Crippen molar-refractivity contribution in [2.75, 3.05) is 33.1 Å². The average molecular weight is 428 g/mol. The molecule has 1 aliphatic heterocycles. The van der Waals surface area contributed by atoms with Crippen LogP contribution in [0.3, 0.4) is 0 Å². The number of methoxy groups -OCH3 is 2. The first kappa shape index (κ1) is 20.3. The van der Waals surface area contributed by atoms with Crippen LogP contribution in [0.15, 0.2) is 47.4 Å². The Labute approximate surface area is 169 Å². The molecule has 0 bridgehead atoms. The first-order valence-electron chi connectivity index (χ1n) is 8.55. The van der Waals surface area contributed by atoms with Gasteiger partial charge in [-0.3, -0.25) is 0 Å². The Hall–Kier alpha value is -1.41. The van der Waals surface area contributed by atoms with E-state index >= 15 is 0 Å². The van der Waals surface area contributed by atoms with Gasteiger partial charge < -0.3 is 9.47 Å². The summed E-state index contributed by atoms with van der Waals surface area (Å²) in [7, 11) is -0.721. The highest BCUT2D eigenvalue weighted by Crippen LogP contribution is 2.39. The molecule has 0 aliphatic carbocycles. The molecular formula is C19H22ClNO4S2. The Morgan fingerprint density at radius 1 is 1.11 bits per heavy atom. The zero-order chi connectivity index (χ0) is 19.4. The Morgan fingerprint density at radius 3 is 2.59 bits per heavy atom. The summed E-state index contributed by atoms with van der Waals surface area (Å²) in [6, 6.07) is 12.6. The third-order valence-electron chi connectivity index (χ3n) is 4.54. The highest BCUT2D eigenvalue weighted by Gasteiger charge is 2.31. The summed E-state index contributed by atoms with van der Waals surface area (Å²) in [4.78, 5) is 0.130. The van der Waals surface area contributed by atoms with Gasteiger partial charge in [0.15, 0.2) is 0 Å². The fraction of sp³-hybridized carbons (Fsp3) is 0.368. The molecule has 1 fully saturated rings. The molecule has 1 heterocycles. The normalized spacial score (nSPS) is 18.7. The van der Waals surface area contributed by atoms with Gasteiger partial charge in [0.05, 0.1) is 14.2 Å². The lowest BCUT2D eigenvalue weighted by Gasteiger charge is -2.21.